The Morgan fingerprint density at radius 1 is 1.44 bits per heavy atom. The van der Waals surface area contributed by atoms with E-state index in [2.05, 4.69) is 10.3 Å². The van der Waals surface area contributed by atoms with Crippen LogP contribution in [-0.2, 0) is 0 Å². The van der Waals surface area contributed by atoms with Gasteiger partial charge in [-0.3, -0.25) is 0 Å². The second-order valence-electron chi connectivity index (χ2n) is 3.31. The topological polar surface area (TPSA) is 38.1 Å². The Balaban J connectivity index is 2.57. The van der Waals surface area contributed by atoms with Gasteiger partial charge in [0.2, 0.25) is 0 Å². The standard InChI is InChI=1S/C11H10ClFN2O/c1-6-10(16-11(14-2)15-6)8-5-7(12)3-4-9(8)13/h3-5H,1-2H3,(H,14,15). The van der Waals surface area contributed by atoms with Crippen LogP contribution in [0, 0.1) is 12.7 Å². The minimum Gasteiger partial charge on any atom is -0.423 e. The summed E-state index contributed by atoms with van der Waals surface area (Å²) in [7, 11) is 1.68. The summed E-state index contributed by atoms with van der Waals surface area (Å²) < 4.78 is 18.9. The number of rotatable bonds is 2. The number of benzene rings is 1. The maximum Gasteiger partial charge on any atom is 0.295 e. The van der Waals surface area contributed by atoms with E-state index in [1.807, 2.05) is 0 Å². The number of anilines is 1. The molecule has 1 N–H and O–H groups in total. The zero-order valence-corrected chi connectivity index (χ0v) is 9.60. The fourth-order valence-corrected chi connectivity index (χ4v) is 1.60. The summed E-state index contributed by atoms with van der Waals surface area (Å²) in [5.74, 6) is 0.00986. The van der Waals surface area contributed by atoms with Crippen LogP contribution >= 0.6 is 11.6 Å². The van der Waals surface area contributed by atoms with E-state index in [0.29, 0.717) is 28.1 Å². The number of aryl methyl sites for hydroxylation is 1. The Hall–Kier alpha value is -1.55. The molecule has 1 aromatic carbocycles. The van der Waals surface area contributed by atoms with E-state index in [0.717, 1.165) is 0 Å². The average molecular weight is 241 g/mol. The van der Waals surface area contributed by atoms with Gasteiger partial charge in [0, 0.05) is 12.1 Å². The van der Waals surface area contributed by atoms with Crippen LogP contribution in [0.15, 0.2) is 22.6 Å². The second kappa shape index (κ2) is 4.14. The Labute approximate surface area is 97.3 Å². The highest BCUT2D eigenvalue weighted by atomic mass is 35.5. The highest BCUT2D eigenvalue weighted by Gasteiger charge is 2.15. The fourth-order valence-electron chi connectivity index (χ4n) is 1.42. The van der Waals surface area contributed by atoms with Gasteiger partial charge in [0.15, 0.2) is 5.76 Å². The van der Waals surface area contributed by atoms with E-state index in [1.54, 1.807) is 14.0 Å². The first kappa shape index (κ1) is 11.0. The second-order valence-corrected chi connectivity index (χ2v) is 3.74. The van der Waals surface area contributed by atoms with Crippen LogP contribution in [0.3, 0.4) is 0 Å². The third-order valence-electron chi connectivity index (χ3n) is 2.18. The van der Waals surface area contributed by atoms with Gasteiger partial charge in [-0.25, -0.2) is 4.39 Å². The summed E-state index contributed by atoms with van der Waals surface area (Å²) in [6.45, 7) is 1.75. The summed E-state index contributed by atoms with van der Waals surface area (Å²) >= 11 is 5.82. The average Bonchev–Trinajstić information content (AvgIpc) is 2.63. The van der Waals surface area contributed by atoms with Crippen molar-refractivity contribution in [3.05, 3.63) is 34.7 Å². The summed E-state index contributed by atoms with van der Waals surface area (Å²) in [5.41, 5.74) is 0.935. The molecule has 0 bridgehead atoms. The largest absolute Gasteiger partial charge is 0.423 e. The van der Waals surface area contributed by atoms with Gasteiger partial charge in [-0.15, -0.1) is 0 Å². The lowest BCUT2D eigenvalue weighted by molar-refractivity contribution is 0.575. The summed E-state index contributed by atoms with van der Waals surface area (Å²) in [6.07, 6.45) is 0. The molecule has 0 saturated heterocycles. The molecule has 0 aliphatic carbocycles. The molecule has 0 unspecified atom stereocenters. The van der Waals surface area contributed by atoms with Crippen molar-refractivity contribution in [2.24, 2.45) is 0 Å². The van der Waals surface area contributed by atoms with Crippen molar-refractivity contribution in [2.45, 2.75) is 6.92 Å². The van der Waals surface area contributed by atoms with Gasteiger partial charge < -0.3 is 9.73 Å². The quantitative estimate of drug-likeness (QED) is 0.873. The van der Waals surface area contributed by atoms with E-state index in [-0.39, 0.29) is 5.82 Å². The van der Waals surface area contributed by atoms with Crippen molar-refractivity contribution < 1.29 is 8.81 Å². The SMILES string of the molecule is CNc1nc(C)c(-c2cc(Cl)ccc2F)o1. The number of halogens is 2. The summed E-state index contributed by atoms with van der Waals surface area (Å²) in [5, 5.41) is 3.22. The first-order valence-corrected chi connectivity index (χ1v) is 5.10. The molecule has 0 saturated carbocycles. The molecule has 0 amide bonds. The normalized spacial score (nSPS) is 10.5. The number of nitrogens with zero attached hydrogens (tertiary/aromatic N) is 1. The van der Waals surface area contributed by atoms with Gasteiger partial charge in [-0.1, -0.05) is 11.6 Å². The van der Waals surface area contributed by atoms with Gasteiger partial charge in [0.25, 0.3) is 6.01 Å². The Kier molecular flexibility index (Phi) is 2.83. The maximum absolute atomic E-state index is 13.6. The summed E-state index contributed by atoms with van der Waals surface area (Å²) in [4.78, 5) is 4.09. The number of aromatic nitrogens is 1. The molecule has 1 aromatic heterocycles. The van der Waals surface area contributed by atoms with E-state index in [9.17, 15) is 4.39 Å². The predicted octanol–water partition coefficient (Wildman–Crippen LogP) is 3.48. The number of hydrogen-bond acceptors (Lipinski definition) is 3. The molecule has 84 valence electrons. The Morgan fingerprint density at radius 2 is 2.19 bits per heavy atom. The number of oxazole rings is 1. The van der Waals surface area contributed by atoms with Crippen LogP contribution < -0.4 is 5.32 Å². The molecule has 0 spiro atoms. The monoisotopic (exact) mass is 240 g/mol. The van der Waals surface area contributed by atoms with Crippen molar-refractivity contribution >= 4 is 17.6 Å². The molecular formula is C11H10ClFN2O. The lowest BCUT2D eigenvalue weighted by Crippen LogP contribution is -1.85. The molecule has 2 rings (SSSR count). The van der Waals surface area contributed by atoms with Crippen LogP contribution in [0.1, 0.15) is 5.69 Å². The number of hydrogen-bond donors (Lipinski definition) is 1. The van der Waals surface area contributed by atoms with Crippen molar-refractivity contribution in [3.8, 4) is 11.3 Å². The third-order valence-corrected chi connectivity index (χ3v) is 2.42. The van der Waals surface area contributed by atoms with E-state index in [1.165, 1.54) is 18.2 Å². The molecule has 2 aromatic rings. The zero-order valence-electron chi connectivity index (χ0n) is 8.84. The first-order chi connectivity index (χ1) is 7.61. The van der Waals surface area contributed by atoms with Gasteiger partial charge >= 0.3 is 0 Å². The molecule has 3 nitrogen and oxygen atoms in total. The molecule has 0 radical (unpaired) electrons. The van der Waals surface area contributed by atoms with Crippen LogP contribution in [0.25, 0.3) is 11.3 Å². The van der Waals surface area contributed by atoms with Gasteiger partial charge in [-0.2, -0.15) is 4.98 Å². The van der Waals surface area contributed by atoms with E-state index in [4.69, 9.17) is 16.0 Å². The minimum atomic E-state index is -0.383. The van der Waals surface area contributed by atoms with E-state index < -0.39 is 0 Å². The predicted molar refractivity (Wildman–Crippen MR) is 61.2 cm³/mol. The molecule has 1 heterocycles. The molecule has 0 atom stereocenters. The Morgan fingerprint density at radius 3 is 2.81 bits per heavy atom. The molecular weight excluding hydrogens is 231 g/mol. The lowest BCUT2D eigenvalue weighted by atomic mass is 10.1. The van der Waals surface area contributed by atoms with Crippen molar-refractivity contribution in [3.63, 3.8) is 0 Å². The van der Waals surface area contributed by atoms with Crippen molar-refractivity contribution in [1.82, 2.24) is 4.98 Å². The van der Waals surface area contributed by atoms with Crippen LogP contribution in [0.5, 0.6) is 0 Å². The van der Waals surface area contributed by atoms with Crippen LogP contribution in [0.4, 0.5) is 10.4 Å². The minimum absolute atomic E-state index is 0.319. The number of nitrogens with one attached hydrogen (secondary N) is 1. The van der Waals surface area contributed by atoms with Gasteiger partial charge in [-0.05, 0) is 25.1 Å². The van der Waals surface area contributed by atoms with Crippen molar-refractivity contribution in [2.75, 3.05) is 12.4 Å². The van der Waals surface area contributed by atoms with Crippen LogP contribution in [0.2, 0.25) is 5.02 Å². The first-order valence-electron chi connectivity index (χ1n) is 4.72. The Bertz CT molecular complexity index is 525. The van der Waals surface area contributed by atoms with E-state index >= 15 is 0 Å². The highest BCUT2D eigenvalue weighted by Crippen LogP contribution is 2.30. The third kappa shape index (κ3) is 1.88. The molecule has 0 aliphatic rings. The van der Waals surface area contributed by atoms with Gasteiger partial charge in [0.1, 0.15) is 5.82 Å². The van der Waals surface area contributed by atoms with Crippen molar-refractivity contribution in [1.29, 1.82) is 0 Å². The smallest absolute Gasteiger partial charge is 0.295 e. The molecule has 0 aliphatic heterocycles. The molecule has 5 heteroatoms. The van der Waals surface area contributed by atoms with Gasteiger partial charge in [0.05, 0.1) is 11.3 Å². The molecule has 16 heavy (non-hydrogen) atoms. The maximum atomic E-state index is 13.6. The molecule has 0 fully saturated rings. The summed E-state index contributed by atoms with van der Waals surface area (Å²) in [6, 6.07) is 4.67. The highest BCUT2D eigenvalue weighted by molar-refractivity contribution is 6.30. The van der Waals surface area contributed by atoms with Crippen LogP contribution in [-0.4, -0.2) is 12.0 Å². The zero-order chi connectivity index (χ0) is 11.7. The fraction of sp³-hybridized carbons (Fsp3) is 0.182. The lowest BCUT2D eigenvalue weighted by Gasteiger charge is -2.00.